The minimum Gasteiger partial charge on any atom is -0.661 e. The molecule has 102 valence electrons. The van der Waals surface area contributed by atoms with E-state index in [9.17, 15) is 4.79 Å². The van der Waals surface area contributed by atoms with Crippen molar-refractivity contribution in [3.05, 3.63) is 41.2 Å². The van der Waals surface area contributed by atoms with Crippen LogP contribution in [0.25, 0.3) is 5.32 Å². The quantitative estimate of drug-likeness (QED) is 0.715. The minimum absolute atomic E-state index is 0. The summed E-state index contributed by atoms with van der Waals surface area (Å²) in [4.78, 5) is 14.6. The van der Waals surface area contributed by atoms with Gasteiger partial charge in [0.1, 0.15) is 0 Å². The summed E-state index contributed by atoms with van der Waals surface area (Å²) in [5.41, 5.74) is 1.07. The summed E-state index contributed by atoms with van der Waals surface area (Å²) in [5.74, 6) is 0.329. The van der Waals surface area contributed by atoms with Gasteiger partial charge >= 0.3 is 0 Å². The Morgan fingerprint density at radius 1 is 1.21 bits per heavy atom. The van der Waals surface area contributed by atoms with E-state index in [0.29, 0.717) is 5.91 Å². The summed E-state index contributed by atoms with van der Waals surface area (Å²) in [6.45, 7) is 3.33. The van der Waals surface area contributed by atoms with Crippen LogP contribution in [0.5, 0.6) is 0 Å². The normalized spacial score (nSPS) is 26.5. The molecule has 2 fully saturated rings. The molecule has 1 aromatic rings. The standard InChI is InChI=1S/C15H19N2O.W/c18-14-15(7-4-9-16-12-15)8-10-17(14)11-13-5-2-1-3-6-13;/h1-3,5-6H,4,7-12H2;/q-1;. The number of nitrogens with zero attached hydrogens (tertiary/aromatic N) is 2. The molecule has 1 amide bonds. The molecule has 1 spiro atoms. The molecule has 0 aromatic heterocycles. The zero-order chi connectivity index (χ0) is 12.4. The molecule has 0 radical (unpaired) electrons. The number of hydrogen-bond acceptors (Lipinski definition) is 1. The van der Waals surface area contributed by atoms with Crippen molar-refractivity contribution < 1.29 is 25.9 Å². The van der Waals surface area contributed by atoms with Crippen molar-refractivity contribution in [3.8, 4) is 0 Å². The van der Waals surface area contributed by atoms with Crippen LogP contribution in [0.2, 0.25) is 0 Å². The van der Waals surface area contributed by atoms with Crippen LogP contribution in [0.3, 0.4) is 0 Å². The number of amides is 1. The number of piperidine rings is 1. The van der Waals surface area contributed by atoms with Crippen molar-refractivity contribution in [1.29, 1.82) is 0 Å². The summed E-state index contributed by atoms with van der Waals surface area (Å²) in [5, 5.41) is 4.46. The molecule has 2 aliphatic heterocycles. The van der Waals surface area contributed by atoms with Gasteiger partial charge in [0.15, 0.2) is 0 Å². The van der Waals surface area contributed by atoms with E-state index in [4.69, 9.17) is 0 Å². The van der Waals surface area contributed by atoms with Crippen LogP contribution in [0, 0.1) is 5.41 Å². The Morgan fingerprint density at radius 3 is 2.68 bits per heavy atom. The first-order valence-electron chi connectivity index (χ1n) is 6.77. The van der Waals surface area contributed by atoms with E-state index in [-0.39, 0.29) is 26.5 Å². The van der Waals surface area contributed by atoms with Crippen molar-refractivity contribution in [3.63, 3.8) is 0 Å². The fourth-order valence-corrected chi connectivity index (χ4v) is 3.13. The van der Waals surface area contributed by atoms with E-state index in [2.05, 4.69) is 17.4 Å². The van der Waals surface area contributed by atoms with E-state index < -0.39 is 0 Å². The van der Waals surface area contributed by atoms with Gasteiger partial charge in [-0.15, -0.1) is 13.1 Å². The Hall–Kier alpha value is -0.662. The molecule has 2 heterocycles. The van der Waals surface area contributed by atoms with Gasteiger partial charge in [0, 0.05) is 39.6 Å². The zero-order valence-corrected chi connectivity index (χ0v) is 14.0. The number of carbonyl (C=O) groups is 1. The Labute approximate surface area is 129 Å². The van der Waals surface area contributed by atoms with Crippen LogP contribution < -0.4 is 0 Å². The van der Waals surface area contributed by atoms with Gasteiger partial charge in [-0.3, -0.25) is 4.79 Å². The molecular formula is C15H19N2OW-. The largest absolute Gasteiger partial charge is 0.661 e. The third-order valence-electron chi connectivity index (χ3n) is 4.20. The molecule has 3 nitrogen and oxygen atoms in total. The van der Waals surface area contributed by atoms with E-state index in [1.807, 2.05) is 23.1 Å². The first-order chi connectivity index (χ1) is 8.80. The summed E-state index contributed by atoms with van der Waals surface area (Å²) in [7, 11) is 0. The van der Waals surface area contributed by atoms with Gasteiger partial charge in [0.2, 0.25) is 5.91 Å². The van der Waals surface area contributed by atoms with Gasteiger partial charge in [-0.2, -0.15) is 0 Å². The number of carbonyl (C=O) groups excluding carboxylic acids is 1. The van der Waals surface area contributed by atoms with Crippen molar-refractivity contribution in [1.82, 2.24) is 4.90 Å². The smallest absolute Gasteiger partial charge is 0.227 e. The van der Waals surface area contributed by atoms with Crippen LogP contribution in [0.1, 0.15) is 24.8 Å². The predicted molar refractivity (Wildman–Crippen MR) is 71.2 cm³/mol. The van der Waals surface area contributed by atoms with Crippen molar-refractivity contribution in [2.75, 3.05) is 19.6 Å². The van der Waals surface area contributed by atoms with Crippen LogP contribution in [-0.2, 0) is 32.4 Å². The van der Waals surface area contributed by atoms with Crippen molar-refractivity contribution in [2.45, 2.75) is 25.8 Å². The van der Waals surface area contributed by atoms with Gasteiger partial charge in [0.05, 0.1) is 0 Å². The third-order valence-corrected chi connectivity index (χ3v) is 4.20. The molecule has 1 unspecified atom stereocenters. The monoisotopic (exact) mass is 427 g/mol. The fraction of sp³-hybridized carbons (Fsp3) is 0.533. The number of hydrogen-bond donors (Lipinski definition) is 0. The molecule has 2 aliphatic rings. The summed E-state index contributed by atoms with van der Waals surface area (Å²) >= 11 is 0. The first kappa shape index (κ1) is 14.7. The van der Waals surface area contributed by atoms with E-state index >= 15 is 0 Å². The molecule has 0 bridgehead atoms. The molecule has 3 rings (SSSR count). The first-order valence-corrected chi connectivity index (χ1v) is 6.77. The van der Waals surface area contributed by atoms with Crippen molar-refractivity contribution >= 4 is 5.91 Å². The second kappa shape index (κ2) is 6.19. The summed E-state index contributed by atoms with van der Waals surface area (Å²) in [6.07, 6.45) is 3.09. The van der Waals surface area contributed by atoms with Crippen LogP contribution in [0.15, 0.2) is 30.3 Å². The zero-order valence-electron chi connectivity index (χ0n) is 11.0. The SMILES string of the molecule is O=C1N(Cc2ccccc2)CCC12CCC[N-]C2.[W]. The van der Waals surface area contributed by atoms with Crippen molar-refractivity contribution in [2.24, 2.45) is 5.41 Å². The molecule has 1 atom stereocenters. The molecule has 0 N–H and O–H groups in total. The molecule has 1 aromatic carbocycles. The minimum atomic E-state index is -0.146. The third kappa shape index (κ3) is 2.93. The Balaban J connectivity index is 0.00000133. The van der Waals surface area contributed by atoms with E-state index in [0.717, 1.165) is 45.4 Å². The Morgan fingerprint density at radius 2 is 2.00 bits per heavy atom. The van der Waals surface area contributed by atoms with E-state index in [1.54, 1.807) is 0 Å². The summed E-state index contributed by atoms with van der Waals surface area (Å²) in [6, 6.07) is 10.2. The van der Waals surface area contributed by atoms with Crippen LogP contribution in [-0.4, -0.2) is 30.4 Å². The average Bonchev–Trinajstić information content (AvgIpc) is 2.71. The maximum Gasteiger partial charge on any atom is 0.227 e. The topological polar surface area (TPSA) is 34.4 Å². The predicted octanol–water partition coefficient (Wildman–Crippen LogP) is 2.57. The second-order valence-corrected chi connectivity index (χ2v) is 5.45. The molecule has 0 saturated carbocycles. The van der Waals surface area contributed by atoms with Gasteiger partial charge in [-0.05, 0) is 18.4 Å². The molecular weight excluding hydrogens is 408 g/mol. The molecule has 19 heavy (non-hydrogen) atoms. The maximum atomic E-state index is 12.6. The molecule has 4 heteroatoms. The number of rotatable bonds is 2. The number of benzene rings is 1. The Kier molecular flexibility index (Phi) is 4.80. The second-order valence-electron chi connectivity index (χ2n) is 5.45. The van der Waals surface area contributed by atoms with E-state index in [1.165, 1.54) is 5.56 Å². The van der Waals surface area contributed by atoms with Gasteiger partial charge in [-0.25, -0.2) is 0 Å². The number of likely N-dealkylation sites (tertiary alicyclic amines) is 1. The van der Waals surface area contributed by atoms with Crippen LogP contribution >= 0.6 is 0 Å². The Bertz CT molecular complexity index is 429. The van der Waals surface area contributed by atoms with Gasteiger partial charge in [-0.1, -0.05) is 36.8 Å². The van der Waals surface area contributed by atoms with Gasteiger partial charge in [0.25, 0.3) is 0 Å². The summed E-state index contributed by atoms with van der Waals surface area (Å²) < 4.78 is 0. The molecule has 2 saturated heterocycles. The fourth-order valence-electron chi connectivity index (χ4n) is 3.13. The van der Waals surface area contributed by atoms with Crippen LogP contribution in [0.4, 0.5) is 0 Å². The maximum absolute atomic E-state index is 12.6. The van der Waals surface area contributed by atoms with Gasteiger partial charge < -0.3 is 10.2 Å². The molecule has 0 aliphatic carbocycles. The average molecular weight is 427 g/mol.